The summed E-state index contributed by atoms with van der Waals surface area (Å²) in [5.41, 5.74) is 0. The van der Waals surface area contributed by atoms with E-state index in [1.807, 2.05) is 0 Å². The SMILES string of the molecule is COC[C@H]1COc2cccc(F)c2O1.S. The second-order valence-corrected chi connectivity index (χ2v) is 3.07. The maximum absolute atomic E-state index is 13.2. The van der Waals surface area contributed by atoms with Crippen LogP contribution in [0, 0.1) is 5.82 Å². The standard InChI is InChI=1S/C10H11FO3.H2S/c1-12-5-7-6-13-9-4-2-3-8(11)10(9)14-7;/h2-4,7H,5-6H2,1H3;1H2/t7-;/m0./s1. The summed E-state index contributed by atoms with van der Waals surface area (Å²) in [7, 11) is 1.57. The van der Waals surface area contributed by atoms with Gasteiger partial charge < -0.3 is 14.2 Å². The van der Waals surface area contributed by atoms with Gasteiger partial charge in [0.2, 0.25) is 0 Å². The number of ether oxygens (including phenoxy) is 3. The second-order valence-electron chi connectivity index (χ2n) is 3.07. The van der Waals surface area contributed by atoms with Crippen LogP contribution in [0.1, 0.15) is 0 Å². The fourth-order valence-corrected chi connectivity index (χ4v) is 1.37. The third-order valence-corrected chi connectivity index (χ3v) is 1.99. The molecule has 0 unspecified atom stereocenters. The Morgan fingerprint density at radius 3 is 3.07 bits per heavy atom. The lowest BCUT2D eigenvalue weighted by Gasteiger charge is -2.25. The highest BCUT2D eigenvalue weighted by atomic mass is 32.1. The molecule has 0 N–H and O–H groups in total. The first kappa shape index (κ1) is 12.1. The normalized spacial score (nSPS) is 18.1. The molecule has 0 bridgehead atoms. The molecule has 0 saturated heterocycles. The first-order chi connectivity index (χ1) is 6.81. The van der Waals surface area contributed by atoms with E-state index in [0.717, 1.165) is 0 Å². The molecule has 1 heterocycles. The van der Waals surface area contributed by atoms with Crippen LogP contribution >= 0.6 is 13.5 Å². The molecule has 0 radical (unpaired) electrons. The lowest BCUT2D eigenvalue weighted by Crippen LogP contribution is -2.33. The maximum atomic E-state index is 13.2. The second kappa shape index (κ2) is 5.23. The fourth-order valence-electron chi connectivity index (χ4n) is 1.37. The lowest BCUT2D eigenvalue weighted by molar-refractivity contribution is 0.0241. The van der Waals surface area contributed by atoms with E-state index < -0.39 is 5.82 Å². The van der Waals surface area contributed by atoms with Crippen molar-refractivity contribution in [3.05, 3.63) is 24.0 Å². The average molecular weight is 232 g/mol. The van der Waals surface area contributed by atoms with Crippen molar-refractivity contribution < 1.29 is 18.6 Å². The van der Waals surface area contributed by atoms with E-state index in [4.69, 9.17) is 14.2 Å². The molecule has 1 aliphatic rings. The highest BCUT2D eigenvalue weighted by Gasteiger charge is 2.23. The Hall–Kier alpha value is -0.940. The minimum absolute atomic E-state index is 0. The number of benzene rings is 1. The van der Waals surface area contributed by atoms with Crippen molar-refractivity contribution in [3.63, 3.8) is 0 Å². The molecule has 15 heavy (non-hydrogen) atoms. The van der Waals surface area contributed by atoms with Gasteiger partial charge in [-0.2, -0.15) is 13.5 Å². The zero-order chi connectivity index (χ0) is 9.97. The molecule has 2 rings (SSSR count). The first-order valence-electron chi connectivity index (χ1n) is 4.38. The third kappa shape index (κ3) is 2.54. The van der Waals surface area contributed by atoms with Gasteiger partial charge in [-0.05, 0) is 12.1 Å². The smallest absolute Gasteiger partial charge is 0.197 e. The van der Waals surface area contributed by atoms with Crippen LogP contribution < -0.4 is 9.47 Å². The summed E-state index contributed by atoms with van der Waals surface area (Å²) in [6, 6.07) is 4.62. The Morgan fingerprint density at radius 2 is 2.33 bits per heavy atom. The van der Waals surface area contributed by atoms with E-state index in [1.54, 1.807) is 19.2 Å². The van der Waals surface area contributed by atoms with Gasteiger partial charge in [0.15, 0.2) is 23.4 Å². The van der Waals surface area contributed by atoms with Crippen molar-refractivity contribution >= 4 is 13.5 Å². The monoisotopic (exact) mass is 232 g/mol. The number of fused-ring (bicyclic) bond motifs is 1. The van der Waals surface area contributed by atoms with Gasteiger partial charge in [-0.25, -0.2) is 4.39 Å². The molecular formula is C10H13FO3S. The van der Waals surface area contributed by atoms with Gasteiger partial charge in [0.25, 0.3) is 0 Å². The predicted molar refractivity (Wildman–Crippen MR) is 58.6 cm³/mol. The number of hydrogen-bond acceptors (Lipinski definition) is 3. The van der Waals surface area contributed by atoms with E-state index in [-0.39, 0.29) is 25.3 Å². The highest BCUT2D eigenvalue weighted by Crippen LogP contribution is 2.33. The minimum atomic E-state index is -0.400. The Balaban J connectivity index is 0.00000112. The number of para-hydroxylation sites is 1. The van der Waals surface area contributed by atoms with Crippen molar-refractivity contribution in [1.29, 1.82) is 0 Å². The van der Waals surface area contributed by atoms with E-state index in [9.17, 15) is 4.39 Å². The minimum Gasteiger partial charge on any atom is -0.486 e. The summed E-state index contributed by atoms with van der Waals surface area (Å²) in [6.45, 7) is 0.790. The van der Waals surface area contributed by atoms with Crippen LogP contribution in [0.2, 0.25) is 0 Å². The van der Waals surface area contributed by atoms with Gasteiger partial charge in [0.1, 0.15) is 6.61 Å². The first-order valence-corrected chi connectivity index (χ1v) is 4.38. The Kier molecular flexibility index (Phi) is 4.23. The van der Waals surface area contributed by atoms with Crippen LogP contribution in [0.3, 0.4) is 0 Å². The summed E-state index contributed by atoms with van der Waals surface area (Å²) in [4.78, 5) is 0. The quantitative estimate of drug-likeness (QED) is 0.777. The molecular weight excluding hydrogens is 219 g/mol. The average Bonchev–Trinajstić information content (AvgIpc) is 2.20. The predicted octanol–water partition coefficient (Wildman–Crippen LogP) is 1.72. The van der Waals surface area contributed by atoms with Crippen LogP contribution in [-0.2, 0) is 4.74 Å². The van der Waals surface area contributed by atoms with Crippen molar-refractivity contribution in [2.75, 3.05) is 20.3 Å². The molecule has 0 spiro atoms. The summed E-state index contributed by atoms with van der Waals surface area (Å²) in [6.07, 6.45) is -0.232. The number of rotatable bonds is 2. The van der Waals surface area contributed by atoms with Gasteiger partial charge in [-0.15, -0.1) is 0 Å². The van der Waals surface area contributed by atoms with Crippen LogP contribution in [0.25, 0.3) is 0 Å². The van der Waals surface area contributed by atoms with E-state index in [0.29, 0.717) is 19.0 Å². The molecule has 3 nitrogen and oxygen atoms in total. The van der Waals surface area contributed by atoms with E-state index in [2.05, 4.69) is 0 Å². The summed E-state index contributed by atoms with van der Waals surface area (Å²) < 4.78 is 28.9. The summed E-state index contributed by atoms with van der Waals surface area (Å²) in [5, 5.41) is 0. The lowest BCUT2D eigenvalue weighted by atomic mass is 10.2. The van der Waals surface area contributed by atoms with Crippen LogP contribution in [0.5, 0.6) is 11.5 Å². The van der Waals surface area contributed by atoms with Crippen LogP contribution in [0.15, 0.2) is 18.2 Å². The van der Waals surface area contributed by atoms with Gasteiger partial charge in [0.05, 0.1) is 6.61 Å². The van der Waals surface area contributed by atoms with Crippen LogP contribution in [0.4, 0.5) is 4.39 Å². The van der Waals surface area contributed by atoms with Crippen LogP contribution in [-0.4, -0.2) is 26.4 Å². The molecule has 1 aromatic rings. The number of hydrogen-bond donors (Lipinski definition) is 0. The van der Waals surface area contributed by atoms with E-state index in [1.165, 1.54) is 6.07 Å². The molecule has 0 aliphatic carbocycles. The molecule has 0 fully saturated rings. The molecule has 1 aromatic carbocycles. The number of methoxy groups -OCH3 is 1. The third-order valence-electron chi connectivity index (χ3n) is 1.99. The molecule has 1 atom stereocenters. The zero-order valence-electron chi connectivity index (χ0n) is 8.33. The molecule has 5 heteroatoms. The summed E-state index contributed by atoms with van der Waals surface area (Å²) >= 11 is 0. The molecule has 0 saturated carbocycles. The summed E-state index contributed by atoms with van der Waals surface area (Å²) in [5.74, 6) is 0.237. The molecule has 84 valence electrons. The molecule has 0 aromatic heterocycles. The maximum Gasteiger partial charge on any atom is 0.197 e. The highest BCUT2D eigenvalue weighted by molar-refractivity contribution is 7.59. The van der Waals surface area contributed by atoms with Crippen molar-refractivity contribution in [3.8, 4) is 11.5 Å². The van der Waals surface area contributed by atoms with E-state index >= 15 is 0 Å². The van der Waals surface area contributed by atoms with Gasteiger partial charge in [0, 0.05) is 7.11 Å². The van der Waals surface area contributed by atoms with Gasteiger partial charge in [-0.3, -0.25) is 0 Å². The molecule has 1 aliphatic heterocycles. The van der Waals surface area contributed by atoms with Gasteiger partial charge >= 0.3 is 0 Å². The topological polar surface area (TPSA) is 27.7 Å². The molecule has 0 amide bonds. The van der Waals surface area contributed by atoms with Gasteiger partial charge in [-0.1, -0.05) is 6.07 Å². The number of halogens is 1. The fraction of sp³-hybridized carbons (Fsp3) is 0.400. The zero-order valence-corrected chi connectivity index (χ0v) is 9.33. The largest absolute Gasteiger partial charge is 0.486 e. The Labute approximate surface area is 94.6 Å². The Morgan fingerprint density at radius 1 is 1.53 bits per heavy atom. The van der Waals surface area contributed by atoms with Crippen molar-refractivity contribution in [2.24, 2.45) is 0 Å². The Bertz CT molecular complexity index is 332. The van der Waals surface area contributed by atoms with Crippen molar-refractivity contribution in [2.45, 2.75) is 6.10 Å². The van der Waals surface area contributed by atoms with Crippen molar-refractivity contribution in [1.82, 2.24) is 0 Å².